The first kappa shape index (κ1) is 23.8. The third-order valence-electron chi connectivity index (χ3n) is 6.32. The number of hydrogen-bond acceptors (Lipinski definition) is 7. The van der Waals surface area contributed by atoms with Gasteiger partial charge in [0, 0.05) is 18.5 Å². The minimum atomic E-state index is -0.688. The Labute approximate surface area is 197 Å². The molecule has 2 aromatic carbocycles. The number of primary amides is 1. The average molecular weight is 467 g/mol. The van der Waals surface area contributed by atoms with E-state index in [9.17, 15) is 14.7 Å². The fourth-order valence-corrected chi connectivity index (χ4v) is 4.41. The second kappa shape index (κ2) is 10.3. The van der Waals surface area contributed by atoms with Crippen LogP contribution < -0.4 is 20.6 Å². The van der Waals surface area contributed by atoms with Crippen LogP contribution in [0.5, 0.6) is 11.5 Å². The van der Waals surface area contributed by atoms with E-state index in [1.165, 1.54) is 0 Å². The van der Waals surface area contributed by atoms with Crippen LogP contribution in [0.15, 0.2) is 51.7 Å². The molecule has 4 rings (SSSR count). The first-order valence-corrected chi connectivity index (χ1v) is 11.4. The van der Waals surface area contributed by atoms with Crippen molar-refractivity contribution < 1.29 is 23.8 Å². The molecule has 1 atom stereocenters. The van der Waals surface area contributed by atoms with Crippen LogP contribution in [0.25, 0.3) is 22.1 Å². The second-order valence-corrected chi connectivity index (χ2v) is 8.69. The Morgan fingerprint density at radius 3 is 2.50 bits per heavy atom. The van der Waals surface area contributed by atoms with Gasteiger partial charge in [-0.2, -0.15) is 0 Å². The lowest BCUT2D eigenvalue weighted by Gasteiger charge is -2.31. The summed E-state index contributed by atoms with van der Waals surface area (Å²) in [5.74, 6) is 1.41. The summed E-state index contributed by atoms with van der Waals surface area (Å²) in [5.41, 5.74) is 6.96. The SMILES string of the molecule is COc1ccc(-c2c(C)oc3cc(OC[C@H](O)CN4CCC(C(N)=O)CC4)ccc3c2=O)cc1. The maximum Gasteiger partial charge on any atom is 0.220 e. The van der Waals surface area contributed by atoms with Crippen LogP contribution in [0.2, 0.25) is 0 Å². The van der Waals surface area contributed by atoms with Crippen molar-refractivity contribution in [2.24, 2.45) is 11.7 Å². The molecule has 0 spiro atoms. The van der Waals surface area contributed by atoms with Crippen LogP contribution in [-0.2, 0) is 4.79 Å². The lowest BCUT2D eigenvalue weighted by atomic mass is 9.96. The lowest BCUT2D eigenvalue weighted by molar-refractivity contribution is -0.123. The third-order valence-corrected chi connectivity index (χ3v) is 6.32. The minimum absolute atomic E-state index is 0.0782. The first-order chi connectivity index (χ1) is 16.4. The monoisotopic (exact) mass is 466 g/mol. The van der Waals surface area contributed by atoms with Gasteiger partial charge in [-0.1, -0.05) is 12.1 Å². The highest BCUT2D eigenvalue weighted by Gasteiger charge is 2.24. The van der Waals surface area contributed by atoms with E-state index in [4.69, 9.17) is 19.6 Å². The number of rotatable bonds is 8. The van der Waals surface area contributed by atoms with Crippen molar-refractivity contribution in [2.75, 3.05) is 33.4 Å². The van der Waals surface area contributed by atoms with Gasteiger partial charge in [-0.05, 0) is 62.7 Å². The standard InChI is InChI=1S/C26H30N2O6/c1-16-24(17-3-5-20(32-2)6-4-17)25(30)22-8-7-21(13-23(22)34-16)33-15-19(29)14-28-11-9-18(10-12-28)26(27)31/h3-8,13,18-19,29H,9-12,14-15H2,1-2H3,(H2,27,31)/t19-/m1/s1. The number of aryl methyl sites for hydroxylation is 1. The second-order valence-electron chi connectivity index (χ2n) is 8.69. The number of fused-ring (bicyclic) bond motifs is 1. The summed E-state index contributed by atoms with van der Waals surface area (Å²) in [6.07, 6.45) is 0.738. The van der Waals surface area contributed by atoms with Crippen molar-refractivity contribution in [3.8, 4) is 22.6 Å². The molecule has 0 saturated carbocycles. The molecule has 1 fully saturated rings. The van der Waals surface area contributed by atoms with Crippen LogP contribution in [0.4, 0.5) is 0 Å². The normalized spacial score (nSPS) is 15.9. The first-order valence-electron chi connectivity index (χ1n) is 11.4. The number of nitrogens with two attached hydrogens (primary N) is 1. The van der Waals surface area contributed by atoms with Crippen molar-refractivity contribution in [1.29, 1.82) is 0 Å². The lowest BCUT2D eigenvalue weighted by Crippen LogP contribution is -2.43. The number of β-amino-alcohol motifs (C(OH)–C–C–N with tert-alkyl or cyclic N) is 1. The molecule has 8 heteroatoms. The zero-order valence-corrected chi connectivity index (χ0v) is 19.5. The number of carbonyl (C=O) groups excluding carboxylic acids is 1. The maximum atomic E-state index is 13.2. The van der Waals surface area contributed by atoms with Crippen LogP contribution in [0.1, 0.15) is 18.6 Å². The molecule has 8 nitrogen and oxygen atoms in total. The van der Waals surface area contributed by atoms with E-state index < -0.39 is 6.10 Å². The van der Waals surface area contributed by atoms with Crippen LogP contribution in [-0.4, -0.2) is 55.4 Å². The molecular formula is C26H30N2O6. The number of carbonyl (C=O) groups is 1. The predicted octanol–water partition coefficient (Wildman–Crippen LogP) is 2.71. The zero-order chi connectivity index (χ0) is 24.2. The summed E-state index contributed by atoms with van der Waals surface area (Å²) in [7, 11) is 1.59. The smallest absolute Gasteiger partial charge is 0.220 e. The maximum absolute atomic E-state index is 13.2. The Bertz CT molecular complexity index is 1210. The summed E-state index contributed by atoms with van der Waals surface area (Å²) in [6, 6.07) is 12.3. The van der Waals surface area contributed by atoms with Gasteiger partial charge < -0.3 is 29.6 Å². The Morgan fingerprint density at radius 1 is 1.18 bits per heavy atom. The number of methoxy groups -OCH3 is 1. The fourth-order valence-electron chi connectivity index (χ4n) is 4.41. The molecule has 2 heterocycles. The van der Waals surface area contributed by atoms with Gasteiger partial charge in [0.15, 0.2) is 0 Å². The van der Waals surface area contributed by atoms with Crippen LogP contribution >= 0.6 is 0 Å². The third kappa shape index (κ3) is 5.24. The number of ether oxygens (including phenoxy) is 2. The van der Waals surface area contributed by atoms with Crippen LogP contribution in [0.3, 0.4) is 0 Å². The molecule has 0 aliphatic carbocycles. The van der Waals surface area contributed by atoms with Gasteiger partial charge in [0.2, 0.25) is 11.3 Å². The Balaban J connectivity index is 1.42. The highest BCUT2D eigenvalue weighted by atomic mass is 16.5. The summed E-state index contributed by atoms with van der Waals surface area (Å²) in [6.45, 7) is 3.77. The van der Waals surface area contributed by atoms with E-state index in [2.05, 4.69) is 4.90 Å². The Morgan fingerprint density at radius 2 is 1.85 bits per heavy atom. The molecule has 0 unspecified atom stereocenters. The molecule has 0 bridgehead atoms. The molecule has 1 amide bonds. The predicted molar refractivity (Wildman–Crippen MR) is 129 cm³/mol. The van der Waals surface area contributed by atoms with Crippen LogP contribution in [0, 0.1) is 12.8 Å². The van der Waals surface area contributed by atoms with Crippen molar-refractivity contribution in [2.45, 2.75) is 25.9 Å². The number of nitrogens with zero attached hydrogens (tertiary/aromatic N) is 1. The van der Waals surface area contributed by atoms with Crippen molar-refractivity contribution >= 4 is 16.9 Å². The fraction of sp³-hybridized carbons (Fsp3) is 0.385. The highest BCUT2D eigenvalue weighted by Crippen LogP contribution is 2.27. The van der Waals surface area contributed by atoms with Gasteiger partial charge in [-0.25, -0.2) is 0 Å². The molecule has 1 saturated heterocycles. The molecule has 1 aromatic heterocycles. The molecule has 180 valence electrons. The van der Waals surface area contributed by atoms with E-state index in [0.717, 1.165) is 18.7 Å². The van der Waals surface area contributed by atoms with E-state index in [-0.39, 0.29) is 23.9 Å². The van der Waals surface area contributed by atoms with Crippen molar-refractivity contribution in [3.63, 3.8) is 0 Å². The van der Waals surface area contributed by atoms with Crippen molar-refractivity contribution in [1.82, 2.24) is 4.90 Å². The van der Waals surface area contributed by atoms with Gasteiger partial charge in [0.1, 0.15) is 35.6 Å². The van der Waals surface area contributed by atoms with Crippen molar-refractivity contribution in [3.05, 3.63) is 58.4 Å². The average Bonchev–Trinajstić information content (AvgIpc) is 2.83. The molecular weight excluding hydrogens is 436 g/mol. The molecule has 1 aliphatic heterocycles. The number of hydrogen-bond donors (Lipinski definition) is 2. The topological polar surface area (TPSA) is 115 Å². The zero-order valence-electron chi connectivity index (χ0n) is 19.5. The summed E-state index contributed by atoms with van der Waals surface area (Å²) in [4.78, 5) is 26.6. The summed E-state index contributed by atoms with van der Waals surface area (Å²) in [5, 5.41) is 10.9. The van der Waals surface area contributed by atoms with Gasteiger partial charge in [0.05, 0.1) is 18.1 Å². The van der Waals surface area contributed by atoms with E-state index in [1.807, 2.05) is 12.1 Å². The highest BCUT2D eigenvalue weighted by molar-refractivity contribution is 5.83. The molecule has 1 aliphatic rings. The largest absolute Gasteiger partial charge is 0.497 e. The molecule has 0 radical (unpaired) electrons. The minimum Gasteiger partial charge on any atom is -0.497 e. The van der Waals surface area contributed by atoms with E-state index in [0.29, 0.717) is 53.2 Å². The Kier molecular flexibility index (Phi) is 7.19. The number of aliphatic hydroxyl groups excluding tert-OH is 1. The van der Waals surface area contributed by atoms with E-state index >= 15 is 0 Å². The van der Waals surface area contributed by atoms with Gasteiger partial charge in [-0.3, -0.25) is 9.59 Å². The number of benzene rings is 2. The quantitative estimate of drug-likeness (QED) is 0.524. The molecule has 3 aromatic rings. The number of piperidine rings is 1. The Hall–Kier alpha value is -3.36. The summed E-state index contributed by atoms with van der Waals surface area (Å²) < 4.78 is 16.9. The molecule has 34 heavy (non-hydrogen) atoms. The summed E-state index contributed by atoms with van der Waals surface area (Å²) >= 11 is 0. The number of likely N-dealkylation sites (tertiary alicyclic amines) is 1. The number of aliphatic hydroxyl groups is 1. The molecule has 3 N–H and O–H groups in total. The van der Waals surface area contributed by atoms with Gasteiger partial charge >= 0.3 is 0 Å². The van der Waals surface area contributed by atoms with Gasteiger partial charge in [0.25, 0.3) is 0 Å². The van der Waals surface area contributed by atoms with Gasteiger partial charge in [-0.15, -0.1) is 0 Å². The number of amides is 1. The van der Waals surface area contributed by atoms with E-state index in [1.54, 1.807) is 44.4 Å².